The Bertz CT molecular complexity index is 68.9. The maximum atomic E-state index is 5.12. The van der Waals surface area contributed by atoms with E-state index in [2.05, 4.69) is 12.6 Å². The Labute approximate surface area is 56.8 Å². The van der Waals surface area contributed by atoms with Crippen LogP contribution in [0.4, 0.5) is 0 Å². The lowest BCUT2D eigenvalue weighted by atomic mass is 10.1. The number of methoxy groups -OCH3 is 1. The van der Waals surface area contributed by atoms with Crippen molar-refractivity contribution in [2.45, 2.75) is 31.6 Å². The van der Waals surface area contributed by atoms with Crippen LogP contribution in [0.2, 0.25) is 0 Å². The highest BCUT2D eigenvalue weighted by Gasteiger charge is 2.21. The highest BCUT2D eigenvalue weighted by atomic mass is 32.1. The fourth-order valence-corrected chi connectivity index (χ4v) is 0.276. The molecule has 0 aromatic rings. The summed E-state index contributed by atoms with van der Waals surface area (Å²) in [6, 6.07) is 0. The van der Waals surface area contributed by atoms with Gasteiger partial charge in [0.1, 0.15) is 0 Å². The quantitative estimate of drug-likeness (QED) is 0.566. The van der Waals surface area contributed by atoms with Crippen molar-refractivity contribution in [2.75, 3.05) is 7.11 Å². The smallest absolute Gasteiger partial charge is 0.0735 e. The molecular weight excluding hydrogens is 120 g/mol. The minimum Gasteiger partial charge on any atom is -0.378 e. The first-order chi connectivity index (χ1) is 3.50. The Morgan fingerprint density at radius 2 is 1.88 bits per heavy atom. The van der Waals surface area contributed by atoms with Gasteiger partial charge in [-0.3, -0.25) is 0 Å². The molecule has 0 heterocycles. The summed E-state index contributed by atoms with van der Waals surface area (Å²) in [5.41, 5.74) is -0.0941. The van der Waals surface area contributed by atoms with Crippen molar-refractivity contribution in [2.24, 2.45) is 0 Å². The maximum absolute atomic E-state index is 5.12. The third kappa shape index (κ3) is 2.05. The molecule has 0 bridgehead atoms. The van der Waals surface area contributed by atoms with E-state index in [1.165, 1.54) is 0 Å². The molecule has 0 N–H and O–H groups in total. The summed E-state index contributed by atoms with van der Waals surface area (Å²) in [5, 5.41) is 0.285. The Balaban J connectivity index is 3.71. The molecule has 8 heavy (non-hydrogen) atoms. The summed E-state index contributed by atoms with van der Waals surface area (Å²) in [4.78, 5) is 0. The van der Waals surface area contributed by atoms with Gasteiger partial charge in [0.15, 0.2) is 0 Å². The van der Waals surface area contributed by atoms with Crippen molar-refractivity contribution in [3.8, 4) is 0 Å². The summed E-state index contributed by atoms with van der Waals surface area (Å²) < 4.78 is 5.12. The summed E-state index contributed by atoms with van der Waals surface area (Å²) in [6.07, 6.45) is 0. The van der Waals surface area contributed by atoms with E-state index in [0.717, 1.165) is 0 Å². The van der Waals surface area contributed by atoms with Crippen molar-refractivity contribution < 1.29 is 4.74 Å². The largest absolute Gasteiger partial charge is 0.378 e. The van der Waals surface area contributed by atoms with Gasteiger partial charge in [-0.05, 0) is 13.8 Å². The molecule has 0 aromatic heterocycles. The van der Waals surface area contributed by atoms with Crippen molar-refractivity contribution in [3.63, 3.8) is 0 Å². The topological polar surface area (TPSA) is 9.23 Å². The van der Waals surface area contributed by atoms with E-state index < -0.39 is 0 Å². The Kier molecular flexibility index (Phi) is 2.84. The fraction of sp³-hybridized carbons (Fsp3) is 1.00. The SMILES string of the molecule is COC(C)(C)C(C)S. The van der Waals surface area contributed by atoms with Gasteiger partial charge in [0.05, 0.1) is 5.60 Å². The lowest BCUT2D eigenvalue weighted by Crippen LogP contribution is -2.31. The van der Waals surface area contributed by atoms with E-state index in [9.17, 15) is 0 Å². The monoisotopic (exact) mass is 134 g/mol. The Morgan fingerprint density at radius 1 is 1.50 bits per heavy atom. The third-order valence-corrected chi connectivity index (χ3v) is 2.15. The van der Waals surface area contributed by atoms with Crippen LogP contribution in [0, 0.1) is 0 Å². The molecule has 0 saturated carbocycles. The first-order valence-corrected chi connectivity index (χ1v) is 3.25. The standard InChI is InChI=1S/C6H14OS/c1-5(8)6(2,3)7-4/h5,8H,1-4H3. The average Bonchev–Trinajstić information content (AvgIpc) is 1.67. The van der Waals surface area contributed by atoms with E-state index in [0.29, 0.717) is 0 Å². The van der Waals surface area contributed by atoms with Gasteiger partial charge >= 0.3 is 0 Å². The zero-order valence-corrected chi connectivity index (χ0v) is 6.83. The van der Waals surface area contributed by atoms with E-state index >= 15 is 0 Å². The summed E-state index contributed by atoms with van der Waals surface area (Å²) >= 11 is 4.23. The second-order valence-corrected chi connectivity index (χ2v) is 3.26. The number of rotatable bonds is 2. The van der Waals surface area contributed by atoms with Crippen LogP contribution in [0.25, 0.3) is 0 Å². The van der Waals surface area contributed by atoms with Gasteiger partial charge in [0.25, 0.3) is 0 Å². The summed E-state index contributed by atoms with van der Waals surface area (Å²) in [5.74, 6) is 0. The minimum absolute atomic E-state index is 0.0941. The summed E-state index contributed by atoms with van der Waals surface area (Å²) in [7, 11) is 1.70. The molecule has 0 amide bonds. The second kappa shape index (κ2) is 2.74. The molecule has 50 valence electrons. The molecule has 0 radical (unpaired) electrons. The molecule has 0 aromatic carbocycles. The van der Waals surface area contributed by atoms with Crippen molar-refractivity contribution >= 4 is 12.6 Å². The van der Waals surface area contributed by atoms with Crippen molar-refractivity contribution in [3.05, 3.63) is 0 Å². The molecule has 1 unspecified atom stereocenters. The van der Waals surface area contributed by atoms with Gasteiger partial charge in [-0.2, -0.15) is 12.6 Å². The Hall–Kier alpha value is 0.310. The molecule has 0 rings (SSSR count). The molecule has 0 saturated heterocycles. The highest BCUT2D eigenvalue weighted by molar-refractivity contribution is 7.81. The highest BCUT2D eigenvalue weighted by Crippen LogP contribution is 2.17. The average molecular weight is 134 g/mol. The van der Waals surface area contributed by atoms with E-state index in [4.69, 9.17) is 4.74 Å². The fourth-order valence-electron chi connectivity index (χ4n) is 0.171. The first-order valence-electron chi connectivity index (χ1n) is 2.74. The van der Waals surface area contributed by atoms with Crippen LogP contribution in [-0.2, 0) is 4.74 Å². The molecule has 1 atom stereocenters. The normalized spacial score (nSPS) is 16.1. The second-order valence-electron chi connectivity index (χ2n) is 2.48. The van der Waals surface area contributed by atoms with E-state index in [1.54, 1.807) is 7.11 Å². The number of thiol groups is 1. The molecule has 0 aliphatic heterocycles. The number of hydrogen-bond donors (Lipinski definition) is 1. The molecular formula is C6H14OS. The van der Waals surface area contributed by atoms with Gasteiger partial charge in [0.2, 0.25) is 0 Å². The molecule has 0 aliphatic rings. The van der Waals surface area contributed by atoms with Crippen molar-refractivity contribution in [1.29, 1.82) is 0 Å². The van der Waals surface area contributed by atoms with Crippen LogP contribution >= 0.6 is 12.6 Å². The molecule has 2 heteroatoms. The van der Waals surface area contributed by atoms with Gasteiger partial charge in [0, 0.05) is 12.4 Å². The number of ether oxygens (including phenoxy) is 1. The maximum Gasteiger partial charge on any atom is 0.0735 e. The van der Waals surface area contributed by atoms with E-state index in [-0.39, 0.29) is 10.9 Å². The van der Waals surface area contributed by atoms with Crippen LogP contribution < -0.4 is 0 Å². The zero-order valence-electron chi connectivity index (χ0n) is 5.93. The lowest BCUT2D eigenvalue weighted by molar-refractivity contribution is 0.0250. The minimum atomic E-state index is -0.0941. The van der Waals surface area contributed by atoms with Crippen LogP contribution in [0.3, 0.4) is 0 Å². The third-order valence-electron chi connectivity index (χ3n) is 1.53. The van der Waals surface area contributed by atoms with Gasteiger partial charge in [-0.15, -0.1) is 0 Å². The first kappa shape index (κ1) is 8.31. The molecule has 0 aliphatic carbocycles. The Morgan fingerprint density at radius 3 is 1.88 bits per heavy atom. The number of hydrogen-bond acceptors (Lipinski definition) is 2. The molecule has 0 fully saturated rings. The van der Waals surface area contributed by atoms with Crippen LogP contribution in [0.15, 0.2) is 0 Å². The van der Waals surface area contributed by atoms with Crippen LogP contribution in [-0.4, -0.2) is 18.0 Å². The lowest BCUT2D eigenvalue weighted by Gasteiger charge is -2.26. The predicted molar refractivity (Wildman–Crippen MR) is 39.5 cm³/mol. The molecule has 0 spiro atoms. The van der Waals surface area contributed by atoms with Crippen LogP contribution in [0.1, 0.15) is 20.8 Å². The molecule has 1 nitrogen and oxygen atoms in total. The predicted octanol–water partition coefficient (Wildman–Crippen LogP) is 1.73. The van der Waals surface area contributed by atoms with Gasteiger partial charge < -0.3 is 4.74 Å². The van der Waals surface area contributed by atoms with Gasteiger partial charge in [-0.25, -0.2) is 0 Å². The van der Waals surface area contributed by atoms with Gasteiger partial charge in [-0.1, -0.05) is 6.92 Å². The van der Waals surface area contributed by atoms with Crippen molar-refractivity contribution in [1.82, 2.24) is 0 Å². The van der Waals surface area contributed by atoms with Crippen LogP contribution in [0.5, 0.6) is 0 Å². The zero-order chi connectivity index (χ0) is 6.78. The van der Waals surface area contributed by atoms with E-state index in [1.807, 2.05) is 20.8 Å². The summed E-state index contributed by atoms with van der Waals surface area (Å²) in [6.45, 7) is 6.06.